The summed E-state index contributed by atoms with van der Waals surface area (Å²) in [5.74, 6) is 0.471. The van der Waals surface area contributed by atoms with Crippen LogP contribution in [-0.4, -0.2) is 30.4 Å². The number of nitrogens with zero attached hydrogens (tertiary/aromatic N) is 1. The number of nitrogens with two attached hydrogens (primary N) is 1. The normalized spacial score (nSPS) is 19.5. The smallest absolute Gasteiger partial charge is 0.229 e. The van der Waals surface area contributed by atoms with Gasteiger partial charge in [0.25, 0.3) is 0 Å². The minimum Gasteiger partial charge on any atom is -0.497 e. The van der Waals surface area contributed by atoms with Crippen LogP contribution in [0.4, 0.5) is 0 Å². The van der Waals surface area contributed by atoms with Crippen LogP contribution in [0.25, 0.3) is 0 Å². The second kappa shape index (κ2) is 5.85. The van der Waals surface area contributed by atoms with Gasteiger partial charge in [0, 0.05) is 25.4 Å². The highest BCUT2D eigenvalue weighted by atomic mass is 16.5. The topological polar surface area (TPSA) is 72.6 Å². The zero-order valence-corrected chi connectivity index (χ0v) is 12.8. The lowest BCUT2D eigenvalue weighted by Crippen LogP contribution is -2.48. The van der Waals surface area contributed by atoms with E-state index in [0.717, 1.165) is 11.3 Å². The number of imide groups is 1. The summed E-state index contributed by atoms with van der Waals surface area (Å²) in [6.07, 6.45) is 0.766. The number of likely N-dealkylation sites (tertiary alicyclic amines) is 1. The molecule has 2 rings (SSSR count). The number of carbonyl (C=O) groups excluding carboxylic acids is 2. The first-order valence-corrected chi connectivity index (χ1v) is 7.05. The van der Waals surface area contributed by atoms with E-state index < -0.39 is 0 Å². The average molecular weight is 290 g/mol. The van der Waals surface area contributed by atoms with E-state index in [9.17, 15) is 9.59 Å². The maximum absolute atomic E-state index is 12.1. The molecule has 0 spiro atoms. The fourth-order valence-electron chi connectivity index (χ4n) is 2.57. The van der Waals surface area contributed by atoms with E-state index in [1.54, 1.807) is 7.11 Å². The van der Waals surface area contributed by atoms with Crippen molar-refractivity contribution in [3.63, 3.8) is 0 Å². The highest BCUT2D eigenvalue weighted by Gasteiger charge is 2.37. The van der Waals surface area contributed by atoms with Gasteiger partial charge in [-0.15, -0.1) is 0 Å². The Balaban J connectivity index is 2.06. The monoisotopic (exact) mass is 290 g/mol. The van der Waals surface area contributed by atoms with Gasteiger partial charge in [0.1, 0.15) is 5.75 Å². The molecule has 2 amide bonds. The van der Waals surface area contributed by atoms with Gasteiger partial charge in [-0.1, -0.05) is 26.0 Å². The van der Waals surface area contributed by atoms with Crippen molar-refractivity contribution in [1.29, 1.82) is 0 Å². The molecule has 1 aromatic rings. The molecular weight excluding hydrogens is 268 g/mol. The van der Waals surface area contributed by atoms with Crippen LogP contribution in [0.3, 0.4) is 0 Å². The molecule has 0 bridgehead atoms. The Kier molecular flexibility index (Phi) is 4.32. The van der Waals surface area contributed by atoms with Crippen LogP contribution in [-0.2, 0) is 9.59 Å². The molecule has 0 radical (unpaired) electrons. The Morgan fingerprint density at radius 1 is 1.19 bits per heavy atom. The second-order valence-electron chi connectivity index (χ2n) is 6.30. The van der Waals surface area contributed by atoms with E-state index in [1.807, 2.05) is 38.1 Å². The summed E-state index contributed by atoms with van der Waals surface area (Å²) in [6, 6.07) is 6.96. The molecule has 1 aliphatic heterocycles. The van der Waals surface area contributed by atoms with Gasteiger partial charge in [-0.2, -0.15) is 0 Å². The van der Waals surface area contributed by atoms with Crippen molar-refractivity contribution in [3.05, 3.63) is 29.8 Å². The van der Waals surface area contributed by atoms with Crippen LogP contribution in [0.15, 0.2) is 24.3 Å². The Morgan fingerprint density at radius 3 is 2.19 bits per heavy atom. The van der Waals surface area contributed by atoms with Crippen molar-refractivity contribution in [2.45, 2.75) is 32.7 Å². The van der Waals surface area contributed by atoms with E-state index >= 15 is 0 Å². The van der Waals surface area contributed by atoms with Crippen molar-refractivity contribution in [2.24, 2.45) is 11.1 Å². The predicted molar refractivity (Wildman–Crippen MR) is 79.7 cm³/mol. The first-order chi connectivity index (χ1) is 9.82. The second-order valence-corrected chi connectivity index (χ2v) is 6.30. The summed E-state index contributed by atoms with van der Waals surface area (Å²) in [7, 11) is 1.60. The maximum Gasteiger partial charge on any atom is 0.229 e. The molecule has 0 aromatic heterocycles. The zero-order chi connectivity index (χ0) is 15.6. The third-order valence-corrected chi connectivity index (χ3v) is 3.78. The number of methoxy groups -OCH3 is 1. The van der Waals surface area contributed by atoms with E-state index in [2.05, 4.69) is 0 Å². The lowest BCUT2D eigenvalue weighted by molar-refractivity contribution is -0.152. The molecule has 114 valence electrons. The SMILES string of the molecule is COc1ccc(C(N)CN2C(=O)CC(C)(C)CC2=O)cc1. The molecule has 2 N–H and O–H groups in total. The highest BCUT2D eigenvalue weighted by Crippen LogP contribution is 2.32. The first kappa shape index (κ1) is 15.5. The molecule has 5 nitrogen and oxygen atoms in total. The number of ether oxygens (including phenoxy) is 1. The Bertz CT molecular complexity index is 517. The third-order valence-electron chi connectivity index (χ3n) is 3.78. The molecular formula is C16H22N2O3. The molecule has 0 saturated carbocycles. The largest absolute Gasteiger partial charge is 0.497 e. The van der Waals surface area contributed by atoms with Gasteiger partial charge in [0.2, 0.25) is 11.8 Å². The van der Waals surface area contributed by atoms with Crippen molar-refractivity contribution in [1.82, 2.24) is 4.90 Å². The van der Waals surface area contributed by atoms with Gasteiger partial charge < -0.3 is 10.5 Å². The van der Waals surface area contributed by atoms with Gasteiger partial charge in [-0.25, -0.2) is 0 Å². The number of amides is 2. The quantitative estimate of drug-likeness (QED) is 0.859. The molecule has 1 heterocycles. The number of piperidine rings is 1. The standard InChI is InChI=1S/C16H22N2O3/c1-16(2)8-14(19)18(15(20)9-16)10-13(17)11-4-6-12(21-3)7-5-11/h4-7,13H,8-10,17H2,1-3H3. The number of hydrogen-bond acceptors (Lipinski definition) is 4. The minimum atomic E-state index is -0.384. The summed E-state index contributed by atoms with van der Waals surface area (Å²) in [5, 5.41) is 0. The summed E-state index contributed by atoms with van der Waals surface area (Å²) >= 11 is 0. The molecule has 1 aromatic carbocycles. The molecule has 1 fully saturated rings. The lowest BCUT2D eigenvalue weighted by atomic mass is 9.81. The molecule has 1 atom stereocenters. The van der Waals surface area contributed by atoms with Gasteiger partial charge in [-0.3, -0.25) is 14.5 Å². The molecule has 1 unspecified atom stereocenters. The molecule has 5 heteroatoms. The van der Waals surface area contributed by atoms with E-state index in [1.165, 1.54) is 4.90 Å². The average Bonchev–Trinajstić information content (AvgIpc) is 2.41. The molecule has 21 heavy (non-hydrogen) atoms. The first-order valence-electron chi connectivity index (χ1n) is 7.05. The van der Waals surface area contributed by atoms with Gasteiger partial charge in [0.05, 0.1) is 7.11 Å². The minimum absolute atomic E-state index is 0.139. The molecule has 0 aliphatic carbocycles. The summed E-state index contributed by atoms with van der Waals surface area (Å²) in [4.78, 5) is 25.5. The highest BCUT2D eigenvalue weighted by molar-refractivity contribution is 5.98. The van der Waals surface area contributed by atoms with Crippen LogP contribution < -0.4 is 10.5 Å². The number of benzene rings is 1. The molecule has 1 aliphatic rings. The fourth-order valence-corrected chi connectivity index (χ4v) is 2.57. The van der Waals surface area contributed by atoms with Gasteiger partial charge in [0.15, 0.2) is 0 Å². The zero-order valence-electron chi connectivity index (χ0n) is 12.8. The number of hydrogen-bond donors (Lipinski definition) is 1. The molecule has 1 saturated heterocycles. The van der Waals surface area contributed by atoms with Crippen molar-refractivity contribution >= 4 is 11.8 Å². The fraction of sp³-hybridized carbons (Fsp3) is 0.500. The lowest BCUT2D eigenvalue weighted by Gasteiger charge is -2.35. The maximum atomic E-state index is 12.1. The summed E-state index contributed by atoms with van der Waals surface area (Å²) < 4.78 is 5.10. The Morgan fingerprint density at radius 2 is 1.71 bits per heavy atom. The van der Waals surface area contributed by atoms with Crippen LogP contribution in [0.5, 0.6) is 5.75 Å². The van der Waals surface area contributed by atoms with Crippen LogP contribution in [0, 0.1) is 5.41 Å². The van der Waals surface area contributed by atoms with E-state index in [0.29, 0.717) is 12.8 Å². The van der Waals surface area contributed by atoms with Crippen molar-refractivity contribution < 1.29 is 14.3 Å². The van der Waals surface area contributed by atoms with E-state index in [4.69, 9.17) is 10.5 Å². The van der Waals surface area contributed by atoms with Crippen LogP contribution in [0.1, 0.15) is 38.3 Å². The van der Waals surface area contributed by atoms with Crippen LogP contribution in [0.2, 0.25) is 0 Å². The van der Waals surface area contributed by atoms with Crippen LogP contribution >= 0.6 is 0 Å². The predicted octanol–water partition coefficient (Wildman–Crippen LogP) is 1.87. The number of rotatable bonds is 4. The summed E-state index contributed by atoms with van der Waals surface area (Å²) in [5.41, 5.74) is 6.74. The van der Waals surface area contributed by atoms with E-state index in [-0.39, 0.29) is 29.8 Å². The summed E-state index contributed by atoms with van der Waals surface area (Å²) in [6.45, 7) is 4.09. The van der Waals surface area contributed by atoms with Gasteiger partial charge in [-0.05, 0) is 23.1 Å². The Hall–Kier alpha value is -1.88. The number of carbonyl (C=O) groups is 2. The van der Waals surface area contributed by atoms with Gasteiger partial charge >= 0.3 is 0 Å². The Labute approximate surface area is 125 Å². The van der Waals surface area contributed by atoms with Crippen molar-refractivity contribution in [3.8, 4) is 5.75 Å². The third kappa shape index (κ3) is 3.61. The van der Waals surface area contributed by atoms with Crippen molar-refractivity contribution in [2.75, 3.05) is 13.7 Å².